The Hall–Kier alpha value is -1.39. The van der Waals surface area contributed by atoms with E-state index in [1.807, 2.05) is 30.5 Å². The van der Waals surface area contributed by atoms with Crippen molar-refractivity contribution in [3.8, 4) is 0 Å². The lowest BCUT2D eigenvalue weighted by Crippen LogP contribution is -2.38. The Balaban J connectivity index is 1.67. The predicted molar refractivity (Wildman–Crippen MR) is 81.4 cm³/mol. The van der Waals surface area contributed by atoms with Gasteiger partial charge in [-0.05, 0) is 18.9 Å². The van der Waals surface area contributed by atoms with Gasteiger partial charge in [0.2, 0.25) is 5.95 Å². The number of nitrogens with zero attached hydrogens (tertiary/aromatic N) is 3. The summed E-state index contributed by atoms with van der Waals surface area (Å²) in [5.74, 6) is 1.38. The molecule has 0 aliphatic carbocycles. The Labute approximate surface area is 123 Å². The number of aromatic nitrogens is 2. The quantitative estimate of drug-likeness (QED) is 0.812. The summed E-state index contributed by atoms with van der Waals surface area (Å²) >= 11 is 5.65. The Morgan fingerprint density at radius 1 is 1.25 bits per heavy atom. The molecule has 20 heavy (non-hydrogen) atoms. The number of alkyl halides is 1. The summed E-state index contributed by atoms with van der Waals surface area (Å²) in [4.78, 5) is 11.3. The summed E-state index contributed by atoms with van der Waals surface area (Å²) in [7, 11) is 0. The molecule has 1 aromatic carbocycles. The third-order valence-electron chi connectivity index (χ3n) is 3.63. The molecule has 0 amide bonds. The fraction of sp³-hybridized carbons (Fsp3) is 0.467. The fourth-order valence-electron chi connectivity index (χ4n) is 2.55. The van der Waals surface area contributed by atoms with Gasteiger partial charge in [-0.15, -0.1) is 11.6 Å². The lowest BCUT2D eigenvalue weighted by Gasteiger charge is -2.31. The van der Waals surface area contributed by atoms with Gasteiger partial charge in [-0.25, -0.2) is 9.97 Å². The highest BCUT2D eigenvalue weighted by Crippen LogP contribution is 2.20. The van der Waals surface area contributed by atoms with E-state index in [0.717, 1.165) is 42.8 Å². The van der Waals surface area contributed by atoms with Gasteiger partial charge in [0.1, 0.15) is 0 Å². The average Bonchev–Trinajstić information content (AvgIpc) is 2.53. The van der Waals surface area contributed by atoms with Crippen LogP contribution in [0.15, 0.2) is 30.5 Å². The summed E-state index contributed by atoms with van der Waals surface area (Å²) < 4.78 is 5.69. The first-order valence-electron chi connectivity index (χ1n) is 7.01. The highest BCUT2D eigenvalue weighted by Gasteiger charge is 2.21. The van der Waals surface area contributed by atoms with E-state index in [4.69, 9.17) is 16.3 Å². The molecular weight excluding hydrogens is 274 g/mol. The standard InChI is InChI=1S/C15H18ClN3O/c16-7-10-20-13-5-8-19(9-6-13)15-17-11-12-3-1-2-4-14(12)18-15/h1-4,11,13H,5-10H2. The lowest BCUT2D eigenvalue weighted by atomic mass is 10.1. The zero-order valence-electron chi connectivity index (χ0n) is 11.3. The first-order valence-corrected chi connectivity index (χ1v) is 7.54. The number of hydrogen-bond donors (Lipinski definition) is 0. The van der Waals surface area contributed by atoms with Crippen molar-refractivity contribution >= 4 is 28.5 Å². The van der Waals surface area contributed by atoms with Crippen molar-refractivity contribution in [3.05, 3.63) is 30.5 Å². The molecule has 1 aromatic heterocycles. The van der Waals surface area contributed by atoms with E-state index in [0.29, 0.717) is 18.6 Å². The third-order valence-corrected chi connectivity index (χ3v) is 3.79. The summed E-state index contributed by atoms with van der Waals surface area (Å²) in [5, 5.41) is 1.08. The number of piperidine rings is 1. The molecule has 2 aromatic rings. The summed E-state index contributed by atoms with van der Waals surface area (Å²) in [6.45, 7) is 2.51. The van der Waals surface area contributed by atoms with E-state index >= 15 is 0 Å². The van der Waals surface area contributed by atoms with Crippen LogP contribution in [0.5, 0.6) is 0 Å². The van der Waals surface area contributed by atoms with Gasteiger partial charge in [0.25, 0.3) is 0 Å². The van der Waals surface area contributed by atoms with E-state index < -0.39 is 0 Å². The van der Waals surface area contributed by atoms with Crippen LogP contribution in [0.2, 0.25) is 0 Å². The van der Waals surface area contributed by atoms with E-state index in [1.165, 1.54) is 0 Å². The van der Waals surface area contributed by atoms with Crippen molar-refractivity contribution in [1.29, 1.82) is 0 Å². The molecule has 1 aliphatic heterocycles. The smallest absolute Gasteiger partial charge is 0.225 e. The lowest BCUT2D eigenvalue weighted by molar-refractivity contribution is 0.0470. The molecule has 0 N–H and O–H groups in total. The molecule has 0 saturated carbocycles. The Morgan fingerprint density at radius 3 is 2.85 bits per heavy atom. The number of anilines is 1. The largest absolute Gasteiger partial charge is 0.377 e. The van der Waals surface area contributed by atoms with Crippen molar-refractivity contribution in [2.24, 2.45) is 0 Å². The van der Waals surface area contributed by atoms with Gasteiger partial charge < -0.3 is 9.64 Å². The van der Waals surface area contributed by atoms with Crippen molar-refractivity contribution in [3.63, 3.8) is 0 Å². The summed E-state index contributed by atoms with van der Waals surface area (Å²) in [6.07, 6.45) is 4.24. The zero-order valence-corrected chi connectivity index (χ0v) is 12.1. The van der Waals surface area contributed by atoms with Gasteiger partial charge in [-0.1, -0.05) is 18.2 Å². The van der Waals surface area contributed by atoms with Gasteiger partial charge >= 0.3 is 0 Å². The van der Waals surface area contributed by atoms with Crippen LogP contribution < -0.4 is 4.90 Å². The van der Waals surface area contributed by atoms with E-state index in [-0.39, 0.29) is 0 Å². The second-order valence-corrected chi connectivity index (χ2v) is 5.35. The SMILES string of the molecule is ClCCOC1CCN(c2ncc3ccccc3n2)CC1. The summed E-state index contributed by atoms with van der Waals surface area (Å²) in [6, 6.07) is 8.07. The molecule has 1 saturated heterocycles. The maximum Gasteiger partial charge on any atom is 0.225 e. The van der Waals surface area contributed by atoms with Gasteiger partial charge in [-0.3, -0.25) is 0 Å². The molecule has 5 heteroatoms. The minimum Gasteiger partial charge on any atom is -0.377 e. The minimum atomic E-state index is 0.324. The number of rotatable bonds is 4. The molecule has 0 atom stereocenters. The topological polar surface area (TPSA) is 38.2 Å². The first-order chi connectivity index (χ1) is 9.86. The van der Waals surface area contributed by atoms with Crippen LogP contribution in [-0.4, -0.2) is 41.6 Å². The molecular formula is C15H18ClN3O. The van der Waals surface area contributed by atoms with Gasteiger partial charge in [0.15, 0.2) is 0 Å². The third kappa shape index (κ3) is 3.02. The molecule has 3 rings (SSSR count). The Kier molecular flexibility index (Phi) is 4.33. The first kappa shape index (κ1) is 13.6. The maximum atomic E-state index is 5.69. The molecule has 0 unspecified atom stereocenters. The Bertz CT molecular complexity index is 570. The summed E-state index contributed by atoms with van der Waals surface area (Å²) in [5.41, 5.74) is 0.998. The monoisotopic (exact) mass is 291 g/mol. The highest BCUT2D eigenvalue weighted by atomic mass is 35.5. The molecule has 2 heterocycles. The number of ether oxygens (including phenoxy) is 1. The number of hydrogen-bond acceptors (Lipinski definition) is 4. The van der Waals surface area contributed by atoms with Crippen molar-refractivity contribution in [2.75, 3.05) is 30.5 Å². The van der Waals surface area contributed by atoms with Crippen LogP contribution >= 0.6 is 11.6 Å². The van der Waals surface area contributed by atoms with Crippen LogP contribution in [-0.2, 0) is 4.74 Å². The van der Waals surface area contributed by atoms with Crippen LogP contribution in [0, 0.1) is 0 Å². The molecule has 4 nitrogen and oxygen atoms in total. The molecule has 1 aliphatic rings. The predicted octanol–water partition coefficient (Wildman–Crippen LogP) is 2.85. The van der Waals surface area contributed by atoms with E-state index in [9.17, 15) is 0 Å². The maximum absolute atomic E-state index is 5.69. The number of para-hydroxylation sites is 1. The molecule has 106 valence electrons. The van der Waals surface area contributed by atoms with E-state index in [2.05, 4.69) is 14.9 Å². The normalized spacial score (nSPS) is 16.8. The number of halogens is 1. The van der Waals surface area contributed by atoms with Crippen molar-refractivity contribution in [2.45, 2.75) is 18.9 Å². The average molecular weight is 292 g/mol. The minimum absolute atomic E-state index is 0.324. The fourth-order valence-corrected chi connectivity index (χ4v) is 2.64. The zero-order chi connectivity index (χ0) is 13.8. The highest BCUT2D eigenvalue weighted by molar-refractivity contribution is 6.17. The molecule has 0 radical (unpaired) electrons. The molecule has 0 spiro atoms. The van der Waals surface area contributed by atoms with E-state index in [1.54, 1.807) is 0 Å². The van der Waals surface area contributed by atoms with Gasteiger partial charge in [0.05, 0.1) is 18.2 Å². The van der Waals surface area contributed by atoms with Gasteiger partial charge in [0, 0.05) is 30.6 Å². The van der Waals surface area contributed by atoms with Crippen molar-refractivity contribution in [1.82, 2.24) is 9.97 Å². The van der Waals surface area contributed by atoms with Crippen LogP contribution in [0.4, 0.5) is 5.95 Å². The molecule has 0 bridgehead atoms. The van der Waals surface area contributed by atoms with Gasteiger partial charge in [-0.2, -0.15) is 0 Å². The molecule has 1 fully saturated rings. The van der Waals surface area contributed by atoms with Crippen molar-refractivity contribution < 1.29 is 4.74 Å². The van der Waals surface area contributed by atoms with Crippen LogP contribution in [0.1, 0.15) is 12.8 Å². The number of benzene rings is 1. The Morgan fingerprint density at radius 2 is 2.05 bits per heavy atom. The number of fused-ring (bicyclic) bond motifs is 1. The second-order valence-electron chi connectivity index (χ2n) is 4.97. The van der Waals surface area contributed by atoms with Crippen LogP contribution in [0.3, 0.4) is 0 Å². The van der Waals surface area contributed by atoms with Crippen LogP contribution in [0.25, 0.3) is 10.9 Å². The second kappa shape index (κ2) is 6.37.